The summed E-state index contributed by atoms with van der Waals surface area (Å²) in [6.07, 6.45) is 8.82. The van der Waals surface area contributed by atoms with Crippen LogP contribution in [0.3, 0.4) is 0 Å². The highest BCUT2D eigenvalue weighted by atomic mass is 31.2. The van der Waals surface area contributed by atoms with E-state index in [4.69, 9.17) is 14.5 Å². The minimum absolute atomic E-state index is 0.277. The molecule has 0 saturated heterocycles. The molecule has 0 saturated carbocycles. The van der Waals surface area contributed by atoms with E-state index in [-0.39, 0.29) is 13.0 Å². The molecule has 0 aliphatic heterocycles. The van der Waals surface area contributed by atoms with Gasteiger partial charge in [0.25, 0.3) is 0 Å². The Bertz CT molecular complexity index is 352. The molecule has 0 heterocycles. The molecule has 0 rings (SSSR count). The Morgan fingerprint density at radius 1 is 1.09 bits per heavy atom. The number of carbonyl (C=O) groups excluding carboxylic acids is 1. The lowest BCUT2D eigenvalue weighted by atomic mass is 10.1. The first-order chi connectivity index (χ1) is 10.3. The summed E-state index contributed by atoms with van der Waals surface area (Å²) >= 11 is 0. The number of hydrogen-bond acceptors (Lipinski definition) is 4. The number of unbranched alkanes of at least 4 members (excludes halogenated alkanes) is 7. The van der Waals surface area contributed by atoms with Crippen molar-refractivity contribution in [1.82, 2.24) is 0 Å². The van der Waals surface area contributed by atoms with Crippen LogP contribution in [0.1, 0.15) is 57.8 Å². The van der Waals surface area contributed by atoms with Gasteiger partial charge in [-0.05, 0) is 19.3 Å². The van der Waals surface area contributed by atoms with Crippen molar-refractivity contribution in [1.29, 1.82) is 0 Å². The van der Waals surface area contributed by atoms with Gasteiger partial charge in [-0.2, -0.15) is 0 Å². The lowest BCUT2D eigenvalue weighted by Crippen LogP contribution is -2.22. The van der Waals surface area contributed by atoms with Gasteiger partial charge in [0.1, 0.15) is 6.61 Å². The first kappa shape index (κ1) is 21.3. The summed E-state index contributed by atoms with van der Waals surface area (Å²) in [4.78, 5) is 28.7. The number of allylic oxidation sites excluding steroid dienone is 1. The molecule has 0 aliphatic rings. The Balaban J connectivity index is 3.43. The molecule has 0 aliphatic carbocycles. The second kappa shape index (κ2) is 12.8. The molecule has 130 valence electrons. The van der Waals surface area contributed by atoms with Gasteiger partial charge in [-0.15, -0.1) is 6.58 Å². The molecule has 6 nitrogen and oxygen atoms in total. The zero-order valence-corrected chi connectivity index (χ0v) is 14.0. The number of esters is 1. The lowest BCUT2D eigenvalue weighted by molar-refractivity contribution is -0.146. The molecule has 0 radical (unpaired) electrons. The van der Waals surface area contributed by atoms with Gasteiger partial charge in [0.15, 0.2) is 0 Å². The van der Waals surface area contributed by atoms with E-state index in [0.717, 1.165) is 32.1 Å². The number of aliphatic hydroxyl groups is 1. The highest BCUT2D eigenvalue weighted by Gasteiger charge is 2.20. The van der Waals surface area contributed by atoms with Crippen LogP contribution in [0.15, 0.2) is 12.7 Å². The van der Waals surface area contributed by atoms with E-state index in [1.807, 2.05) is 6.08 Å². The van der Waals surface area contributed by atoms with E-state index in [1.165, 1.54) is 19.3 Å². The van der Waals surface area contributed by atoms with Gasteiger partial charge in [0.05, 0.1) is 12.3 Å². The summed E-state index contributed by atoms with van der Waals surface area (Å²) in [6.45, 7) is 3.31. The predicted molar refractivity (Wildman–Crippen MR) is 85.6 cm³/mol. The van der Waals surface area contributed by atoms with E-state index in [2.05, 4.69) is 6.58 Å². The van der Waals surface area contributed by atoms with Gasteiger partial charge in [0.2, 0.25) is 0 Å². The maximum atomic E-state index is 11.4. The van der Waals surface area contributed by atoms with E-state index < -0.39 is 25.8 Å². The third-order valence-electron chi connectivity index (χ3n) is 3.17. The Morgan fingerprint density at radius 3 is 2.18 bits per heavy atom. The summed E-state index contributed by atoms with van der Waals surface area (Å²) in [5.74, 6) is -0.434. The number of hydrogen-bond donors (Lipinski definition) is 3. The molecule has 3 N–H and O–H groups in total. The highest BCUT2D eigenvalue weighted by molar-refractivity contribution is 7.51. The molecule has 0 bridgehead atoms. The fourth-order valence-corrected chi connectivity index (χ4v) is 2.68. The molecule has 1 unspecified atom stereocenters. The van der Waals surface area contributed by atoms with Gasteiger partial charge >= 0.3 is 13.6 Å². The van der Waals surface area contributed by atoms with Crippen molar-refractivity contribution < 1.29 is 29.0 Å². The summed E-state index contributed by atoms with van der Waals surface area (Å²) in [5, 5.41) is 9.29. The average Bonchev–Trinajstić information content (AvgIpc) is 2.41. The minimum atomic E-state index is -4.27. The molecular weight excluding hydrogens is 307 g/mol. The van der Waals surface area contributed by atoms with Crippen LogP contribution in [-0.2, 0) is 14.1 Å². The first-order valence-electron chi connectivity index (χ1n) is 7.84. The molecule has 0 aromatic carbocycles. The van der Waals surface area contributed by atoms with E-state index in [1.54, 1.807) is 0 Å². The van der Waals surface area contributed by atoms with Crippen molar-refractivity contribution in [2.45, 2.75) is 63.9 Å². The molecule has 22 heavy (non-hydrogen) atoms. The maximum Gasteiger partial charge on any atom is 0.328 e. The number of rotatable bonds is 14. The van der Waals surface area contributed by atoms with Crippen LogP contribution < -0.4 is 0 Å². The summed E-state index contributed by atoms with van der Waals surface area (Å²) in [6, 6.07) is 0. The van der Waals surface area contributed by atoms with Crippen LogP contribution in [-0.4, -0.2) is 39.7 Å². The Labute approximate surface area is 132 Å². The first-order valence-corrected chi connectivity index (χ1v) is 9.64. The van der Waals surface area contributed by atoms with Crippen molar-refractivity contribution in [3.8, 4) is 0 Å². The quantitative estimate of drug-likeness (QED) is 0.195. The highest BCUT2D eigenvalue weighted by Crippen LogP contribution is 2.34. The third-order valence-corrected chi connectivity index (χ3v) is 4.07. The van der Waals surface area contributed by atoms with Crippen LogP contribution in [0.5, 0.6) is 0 Å². The molecule has 0 amide bonds. The van der Waals surface area contributed by atoms with Gasteiger partial charge in [-0.1, -0.05) is 38.2 Å². The van der Waals surface area contributed by atoms with E-state index in [9.17, 15) is 14.5 Å². The topological polar surface area (TPSA) is 104 Å². The van der Waals surface area contributed by atoms with Gasteiger partial charge in [-0.3, -0.25) is 9.36 Å². The minimum Gasteiger partial charge on any atom is -0.463 e. The SMILES string of the molecule is C=CCCCCCCCCCC(=O)OCC(O)CP(=O)(O)O. The second-order valence-corrected chi connectivity index (χ2v) is 7.18. The number of ether oxygens (including phenoxy) is 1. The third kappa shape index (κ3) is 15.7. The van der Waals surface area contributed by atoms with Gasteiger partial charge in [-0.25, -0.2) is 0 Å². The monoisotopic (exact) mass is 336 g/mol. The van der Waals surface area contributed by atoms with Crippen LogP contribution in [0, 0.1) is 0 Å². The fourth-order valence-electron chi connectivity index (χ4n) is 2.03. The van der Waals surface area contributed by atoms with E-state index in [0.29, 0.717) is 0 Å². The summed E-state index contributed by atoms with van der Waals surface area (Å²) in [7, 11) is -4.27. The van der Waals surface area contributed by atoms with Gasteiger partial charge in [0, 0.05) is 6.42 Å². The Kier molecular flexibility index (Phi) is 12.4. The zero-order chi connectivity index (χ0) is 16.8. The van der Waals surface area contributed by atoms with Crippen LogP contribution in [0.2, 0.25) is 0 Å². The lowest BCUT2D eigenvalue weighted by Gasteiger charge is -2.12. The predicted octanol–water partition coefficient (Wildman–Crippen LogP) is 2.77. The van der Waals surface area contributed by atoms with Crippen molar-refractivity contribution in [3.05, 3.63) is 12.7 Å². The largest absolute Gasteiger partial charge is 0.463 e. The molecule has 1 atom stereocenters. The van der Waals surface area contributed by atoms with Crippen LogP contribution in [0.4, 0.5) is 0 Å². The normalized spacial score (nSPS) is 12.9. The van der Waals surface area contributed by atoms with Crippen molar-refractivity contribution in [2.75, 3.05) is 12.8 Å². The van der Waals surface area contributed by atoms with Gasteiger partial charge < -0.3 is 19.6 Å². The molecule has 0 fully saturated rings. The molecule has 7 heteroatoms. The Morgan fingerprint density at radius 2 is 1.64 bits per heavy atom. The Hall–Kier alpha value is -0.680. The fraction of sp³-hybridized carbons (Fsp3) is 0.800. The van der Waals surface area contributed by atoms with Crippen molar-refractivity contribution in [2.24, 2.45) is 0 Å². The second-order valence-electron chi connectivity index (χ2n) is 5.49. The molecule has 0 spiro atoms. The molecular formula is C15H29O6P. The molecule has 0 aromatic heterocycles. The zero-order valence-electron chi connectivity index (χ0n) is 13.2. The van der Waals surface area contributed by atoms with Crippen molar-refractivity contribution in [3.63, 3.8) is 0 Å². The van der Waals surface area contributed by atoms with Crippen molar-refractivity contribution >= 4 is 13.6 Å². The smallest absolute Gasteiger partial charge is 0.328 e. The maximum absolute atomic E-state index is 11.4. The van der Waals surface area contributed by atoms with E-state index >= 15 is 0 Å². The van der Waals surface area contributed by atoms with Crippen LogP contribution >= 0.6 is 7.60 Å². The average molecular weight is 336 g/mol. The summed E-state index contributed by atoms with van der Waals surface area (Å²) in [5.41, 5.74) is 0. The summed E-state index contributed by atoms with van der Waals surface area (Å²) < 4.78 is 15.4. The number of carbonyl (C=O) groups is 1. The van der Waals surface area contributed by atoms with Crippen LogP contribution in [0.25, 0.3) is 0 Å². The molecule has 0 aromatic rings. The number of aliphatic hydroxyl groups excluding tert-OH is 1. The standard InChI is InChI=1S/C15H29O6P/c1-2-3-4-5-6-7-8-9-10-11-15(17)21-12-14(16)13-22(18,19)20/h2,14,16H,1,3-13H2,(H2,18,19,20).